The van der Waals surface area contributed by atoms with Crippen LogP contribution in [0.25, 0.3) is 11.0 Å². The smallest absolute Gasteiger partial charge is 0.163 e. The van der Waals surface area contributed by atoms with Crippen molar-refractivity contribution in [3.05, 3.63) is 12.1 Å². The predicted molar refractivity (Wildman–Crippen MR) is 62.3 cm³/mol. The summed E-state index contributed by atoms with van der Waals surface area (Å²) in [5.41, 5.74) is 7.37. The number of hydrogen-bond donors (Lipinski definition) is 1. The minimum atomic E-state index is 0.113. The summed E-state index contributed by atoms with van der Waals surface area (Å²) in [5, 5.41) is 8.23. The highest BCUT2D eigenvalue weighted by atomic mass is 16.6. The highest BCUT2D eigenvalue weighted by Gasteiger charge is 2.17. The monoisotopic (exact) mass is 234 g/mol. The van der Waals surface area contributed by atoms with Crippen molar-refractivity contribution in [1.82, 2.24) is 15.0 Å². The summed E-state index contributed by atoms with van der Waals surface area (Å²) >= 11 is 0. The molecule has 6 nitrogen and oxygen atoms in total. The summed E-state index contributed by atoms with van der Waals surface area (Å²) in [6, 6.07) is 3.88. The van der Waals surface area contributed by atoms with Crippen molar-refractivity contribution >= 4 is 11.0 Å². The topological polar surface area (TPSA) is 75.2 Å². The van der Waals surface area contributed by atoms with E-state index in [0.29, 0.717) is 19.8 Å². The van der Waals surface area contributed by atoms with E-state index in [1.54, 1.807) is 0 Å². The highest BCUT2D eigenvalue weighted by Crippen LogP contribution is 2.34. The van der Waals surface area contributed by atoms with Gasteiger partial charge in [0.15, 0.2) is 11.5 Å². The van der Waals surface area contributed by atoms with Gasteiger partial charge in [-0.15, -0.1) is 5.10 Å². The zero-order chi connectivity index (χ0) is 11.8. The molecule has 2 aromatic rings. The zero-order valence-electron chi connectivity index (χ0n) is 9.59. The molecule has 0 saturated heterocycles. The van der Waals surface area contributed by atoms with Crippen molar-refractivity contribution in [2.75, 3.05) is 19.8 Å². The molecule has 0 aliphatic carbocycles. The van der Waals surface area contributed by atoms with Crippen molar-refractivity contribution in [2.24, 2.45) is 5.73 Å². The van der Waals surface area contributed by atoms with Crippen LogP contribution in [-0.2, 0) is 0 Å². The van der Waals surface area contributed by atoms with Gasteiger partial charge in [0.05, 0.1) is 11.6 Å². The van der Waals surface area contributed by atoms with Crippen LogP contribution in [0.3, 0.4) is 0 Å². The van der Waals surface area contributed by atoms with E-state index in [0.717, 1.165) is 22.5 Å². The minimum Gasteiger partial charge on any atom is -0.486 e. The predicted octanol–water partition coefficient (Wildman–Crippen LogP) is 0.722. The van der Waals surface area contributed by atoms with Crippen molar-refractivity contribution in [3.63, 3.8) is 0 Å². The summed E-state index contributed by atoms with van der Waals surface area (Å²) in [6.45, 7) is 3.68. The van der Waals surface area contributed by atoms with Gasteiger partial charge < -0.3 is 15.2 Å². The Morgan fingerprint density at radius 3 is 2.76 bits per heavy atom. The SMILES string of the molecule is CC(CN)n1nnc2cc3c(cc21)OCCO3. The average Bonchev–Trinajstić information content (AvgIpc) is 2.78. The molecule has 1 aliphatic heterocycles. The first-order chi connectivity index (χ1) is 8.29. The summed E-state index contributed by atoms with van der Waals surface area (Å²) in [4.78, 5) is 0. The fraction of sp³-hybridized carbons (Fsp3) is 0.455. The van der Waals surface area contributed by atoms with Crippen LogP contribution in [0.15, 0.2) is 12.1 Å². The Kier molecular flexibility index (Phi) is 2.36. The van der Waals surface area contributed by atoms with Gasteiger partial charge in [0, 0.05) is 18.7 Å². The molecule has 1 unspecified atom stereocenters. The fourth-order valence-corrected chi connectivity index (χ4v) is 1.90. The second kappa shape index (κ2) is 3.89. The Balaban J connectivity index is 2.15. The molecule has 90 valence electrons. The van der Waals surface area contributed by atoms with Crippen LogP contribution in [0.2, 0.25) is 0 Å². The Hall–Kier alpha value is -1.82. The molecule has 1 aliphatic rings. The molecule has 2 N–H and O–H groups in total. The number of nitrogens with two attached hydrogens (primary N) is 1. The van der Waals surface area contributed by atoms with Gasteiger partial charge >= 0.3 is 0 Å². The largest absolute Gasteiger partial charge is 0.486 e. The summed E-state index contributed by atoms with van der Waals surface area (Å²) < 4.78 is 12.9. The fourth-order valence-electron chi connectivity index (χ4n) is 1.90. The zero-order valence-corrected chi connectivity index (χ0v) is 9.59. The summed E-state index contributed by atoms with van der Waals surface area (Å²) in [7, 11) is 0. The van der Waals surface area contributed by atoms with E-state index in [2.05, 4.69) is 10.3 Å². The van der Waals surface area contributed by atoms with Crippen molar-refractivity contribution < 1.29 is 9.47 Å². The third-order valence-electron chi connectivity index (χ3n) is 2.89. The van der Waals surface area contributed by atoms with Crippen LogP contribution in [0.1, 0.15) is 13.0 Å². The van der Waals surface area contributed by atoms with Crippen molar-refractivity contribution in [2.45, 2.75) is 13.0 Å². The van der Waals surface area contributed by atoms with Crippen LogP contribution < -0.4 is 15.2 Å². The molecule has 1 aromatic heterocycles. The maximum Gasteiger partial charge on any atom is 0.163 e. The molecule has 2 heterocycles. The molecule has 0 saturated carbocycles. The lowest BCUT2D eigenvalue weighted by Gasteiger charge is -2.18. The third-order valence-corrected chi connectivity index (χ3v) is 2.89. The number of aromatic nitrogens is 3. The lowest BCUT2D eigenvalue weighted by Crippen LogP contribution is -2.18. The summed E-state index contributed by atoms with van der Waals surface area (Å²) in [6.07, 6.45) is 0. The van der Waals surface area contributed by atoms with Crippen LogP contribution in [0.5, 0.6) is 11.5 Å². The second-order valence-corrected chi connectivity index (χ2v) is 4.10. The van der Waals surface area contributed by atoms with Gasteiger partial charge in [-0.05, 0) is 6.92 Å². The quantitative estimate of drug-likeness (QED) is 0.828. The molecule has 0 spiro atoms. The van der Waals surface area contributed by atoms with Gasteiger partial charge in [-0.2, -0.15) is 0 Å². The van der Waals surface area contributed by atoms with E-state index < -0.39 is 0 Å². The maximum absolute atomic E-state index is 5.65. The molecule has 6 heteroatoms. The molecule has 0 bridgehead atoms. The number of hydrogen-bond acceptors (Lipinski definition) is 5. The van der Waals surface area contributed by atoms with E-state index >= 15 is 0 Å². The number of benzene rings is 1. The lowest BCUT2D eigenvalue weighted by atomic mass is 10.2. The van der Waals surface area contributed by atoms with Crippen LogP contribution in [0.4, 0.5) is 0 Å². The average molecular weight is 234 g/mol. The molecule has 0 radical (unpaired) electrons. The van der Waals surface area contributed by atoms with E-state index in [-0.39, 0.29) is 6.04 Å². The number of ether oxygens (including phenoxy) is 2. The van der Waals surface area contributed by atoms with Gasteiger partial charge in [0.2, 0.25) is 0 Å². The Morgan fingerprint density at radius 2 is 2.06 bits per heavy atom. The number of rotatable bonds is 2. The van der Waals surface area contributed by atoms with Crippen LogP contribution >= 0.6 is 0 Å². The Labute approximate surface area is 98.3 Å². The molecule has 0 fully saturated rings. The van der Waals surface area contributed by atoms with E-state index in [4.69, 9.17) is 15.2 Å². The maximum atomic E-state index is 5.65. The number of nitrogens with zero attached hydrogens (tertiary/aromatic N) is 3. The molecule has 17 heavy (non-hydrogen) atoms. The lowest BCUT2D eigenvalue weighted by molar-refractivity contribution is 0.172. The van der Waals surface area contributed by atoms with Gasteiger partial charge in [0.1, 0.15) is 18.7 Å². The molecular formula is C11H14N4O2. The molecule has 1 atom stereocenters. The molecule has 1 aromatic carbocycles. The van der Waals surface area contributed by atoms with E-state index in [9.17, 15) is 0 Å². The molecular weight excluding hydrogens is 220 g/mol. The van der Waals surface area contributed by atoms with Crippen molar-refractivity contribution in [3.8, 4) is 11.5 Å². The first kappa shape index (κ1) is 10.3. The summed E-state index contributed by atoms with van der Waals surface area (Å²) in [5.74, 6) is 1.48. The normalized spacial score (nSPS) is 16.1. The number of fused-ring (bicyclic) bond motifs is 2. The first-order valence-corrected chi connectivity index (χ1v) is 5.64. The van der Waals surface area contributed by atoms with Crippen molar-refractivity contribution in [1.29, 1.82) is 0 Å². The third kappa shape index (κ3) is 1.61. The van der Waals surface area contributed by atoms with Gasteiger partial charge in [-0.25, -0.2) is 4.68 Å². The van der Waals surface area contributed by atoms with E-state index in [1.807, 2.05) is 23.7 Å². The van der Waals surface area contributed by atoms with E-state index in [1.165, 1.54) is 0 Å². The van der Waals surface area contributed by atoms with Gasteiger partial charge in [0.25, 0.3) is 0 Å². The van der Waals surface area contributed by atoms with Crippen LogP contribution in [0, 0.1) is 0 Å². The highest BCUT2D eigenvalue weighted by molar-refractivity contribution is 5.79. The Bertz CT molecular complexity index is 552. The molecule has 3 rings (SSSR count). The molecule has 0 amide bonds. The van der Waals surface area contributed by atoms with Crippen LogP contribution in [-0.4, -0.2) is 34.8 Å². The minimum absolute atomic E-state index is 0.113. The van der Waals surface area contributed by atoms with Gasteiger partial charge in [-0.3, -0.25) is 0 Å². The Morgan fingerprint density at radius 1 is 1.35 bits per heavy atom. The standard InChI is InChI=1S/C11H14N4O2/c1-7(6-12)15-9-5-11-10(16-2-3-17-11)4-8(9)13-14-15/h4-5,7H,2-3,6,12H2,1H3. The second-order valence-electron chi connectivity index (χ2n) is 4.10. The van der Waals surface area contributed by atoms with Gasteiger partial charge in [-0.1, -0.05) is 5.21 Å². The first-order valence-electron chi connectivity index (χ1n) is 5.64.